The zero-order valence-electron chi connectivity index (χ0n) is 12.9. The van der Waals surface area contributed by atoms with E-state index in [-0.39, 0.29) is 5.97 Å². The molecule has 0 heterocycles. The highest BCUT2D eigenvalue weighted by atomic mass is 35.5. The molecule has 0 bridgehead atoms. The van der Waals surface area contributed by atoms with Crippen molar-refractivity contribution < 1.29 is 14.3 Å². The van der Waals surface area contributed by atoms with Crippen LogP contribution in [0.1, 0.15) is 37.0 Å². The SMILES string of the molecule is COC(=O)CCc1c(OCC(C)C)cc(C)c(Cl)c1C. The van der Waals surface area contributed by atoms with E-state index in [0.29, 0.717) is 25.4 Å². The summed E-state index contributed by atoms with van der Waals surface area (Å²) < 4.78 is 10.6. The van der Waals surface area contributed by atoms with Gasteiger partial charge in [0.25, 0.3) is 0 Å². The summed E-state index contributed by atoms with van der Waals surface area (Å²) in [5.74, 6) is 1.04. The van der Waals surface area contributed by atoms with Crippen molar-refractivity contribution in [2.75, 3.05) is 13.7 Å². The summed E-state index contributed by atoms with van der Waals surface area (Å²) in [6.45, 7) is 8.77. The summed E-state index contributed by atoms with van der Waals surface area (Å²) in [5, 5.41) is 0.738. The number of carbonyl (C=O) groups is 1. The van der Waals surface area contributed by atoms with Crippen molar-refractivity contribution in [3.05, 3.63) is 27.8 Å². The van der Waals surface area contributed by atoms with Crippen LogP contribution in [0.2, 0.25) is 5.02 Å². The molecule has 0 spiro atoms. The minimum Gasteiger partial charge on any atom is -0.493 e. The number of halogens is 1. The maximum atomic E-state index is 11.3. The average Bonchev–Trinajstić information content (AvgIpc) is 2.41. The van der Waals surface area contributed by atoms with E-state index >= 15 is 0 Å². The van der Waals surface area contributed by atoms with Gasteiger partial charge >= 0.3 is 5.97 Å². The number of hydrogen-bond donors (Lipinski definition) is 0. The molecular formula is C16H23ClO3. The third-order valence-corrected chi connectivity index (χ3v) is 3.73. The molecule has 1 aromatic rings. The van der Waals surface area contributed by atoms with E-state index in [2.05, 4.69) is 13.8 Å². The van der Waals surface area contributed by atoms with Crippen molar-refractivity contribution in [2.45, 2.75) is 40.5 Å². The summed E-state index contributed by atoms with van der Waals surface area (Å²) in [6.07, 6.45) is 0.903. The predicted octanol–water partition coefficient (Wildman–Crippen LogP) is 4.10. The summed E-state index contributed by atoms with van der Waals surface area (Å²) in [6, 6.07) is 1.95. The van der Waals surface area contributed by atoms with Crippen LogP contribution in [0.4, 0.5) is 0 Å². The van der Waals surface area contributed by atoms with Gasteiger partial charge in [-0.2, -0.15) is 0 Å². The first kappa shape index (κ1) is 16.8. The zero-order chi connectivity index (χ0) is 15.3. The van der Waals surface area contributed by atoms with E-state index in [0.717, 1.165) is 27.5 Å². The molecule has 0 atom stereocenters. The zero-order valence-corrected chi connectivity index (χ0v) is 13.6. The lowest BCUT2D eigenvalue weighted by atomic mass is 10.00. The number of ether oxygens (including phenoxy) is 2. The minimum atomic E-state index is -0.226. The predicted molar refractivity (Wildman–Crippen MR) is 81.6 cm³/mol. The molecule has 0 aromatic heterocycles. The van der Waals surface area contributed by atoms with E-state index < -0.39 is 0 Å². The van der Waals surface area contributed by atoms with Crippen LogP contribution in [-0.4, -0.2) is 19.7 Å². The lowest BCUT2D eigenvalue weighted by molar-refractivity contribution is -0.140. The van der Waals surface area contributed by atoms with E-state index in [1.165, 1.54) is 7.11 Å². The maximum Gasteiger partial charge on any atom is 0.305 e. The molecule has 0 aliphatic carbocycles. The van der Waals surface area contributed by atoms with Gasteiger partial charge in [-0.25, -0.2) is 0 Å². The van der Waals surface area contributed by atoms with Crippen LogP contribution in [0, 0.1) is 19.8 Å². The van der Waals surface area contributed by atoms with Crippen molar-refractivity contribution in [3.63, 3.8) is 0 Å². The van der Waals surface area contributed by atoms with Crippen LogP contribution in [0.15, 0.2) is 6.07 Å². The normalized spacial score (nSPS) is 10.8. The second-order valence-corrected chi connectivity index (χ2v) is 5.77. The van der Waals surface area contributed by atoms with Crippen molar-refractivity contribution in [3.8, 4) is 5.75 Å². The molecule has 0 N–H and O–H groups in total. The molecule has 0 saturated heterocycles. The average molecular weight is 299 g/mol. The number of carbonyl (C=O) groups excluding carboxylic acids is 1. The van der Waals surface area contributed by atoms with E-state index in [4.69, 9.17) is 21.1 Å². The van der Waals surface area contributed by atoms with Gasteiger partial charge in [-0.3, -0.25) is 4.79 Å². The molecule has 0 radical (unpaired) electrons. The highest BCUT2D eigenvalue weighted by Gasteiger charge is 2.15. The van der Waals surface area contributed by atoms with Gasteiger partial charge in [0, 0.05) is 11.4 Å². The van der Waals surface area contributed by atoms with Gasteiger partial charge in [0.1, 0.15) is 5.75 Å². The van der Waals surface area contributed by atoms with Crippen LogP contribution < -0.4 is 4.74 Å². The van der Waals surface area contributed by atoms with Gasteiger partial charge in [0.2, 0.25) is 0 Å². The smallest absolute Gasteiger partial charge is 0.305 e. The standard InChI is InChI=1S/C16H23ClO3/c1-10(2)9-20-14-8-11(3)16(17)12(4)13(14)6-7-15(18)19-5/h8,10H,6-7,9H2,1-5H3. The maximum absolute atomic E-state index is 11.3. The lowest BCUT2D eigenvalue weighted by Gasteiger charge is -2.17. The van der Waals surface area contributed by atoms with E-state index in [9.17, 15) is 4.79 Å². The molecule has 0 aliphatic rings. The molecule has 1 rings (SSSR count). The van der Waals surface area contributed by atoms with Gasteiger partial charge in [0.15, 0.2) is 0 Å². The van der Waals surface area contributed by atoms with E-state index in [1.807, 2.05) is 19.9 Å². The minimum absolute atomic E-state index is 0.226. The van der Waals surface area contributed by atoms with Gasteiger partial charge in [-0.1, -0.05) is 25.4 Å². The highest BCUT2D eigenvalue weighted by molar-refractivity contribution is 6.32. The van der Waals surface area contributed by atoms with Gasteiger partial charge in [0.05, 0.1) is 13.7 Å². The summed E-state index contributed by atoms with van der Waals surface area (Å²) in [4.78, 5) is 11.3. The Balaban J connectivity index is 3.03. The molecule has 0 fully saturated rings. The molecule has 3 nitrogen and oxygen atoms in total. The third-order valence-electron chi connectivity index (χ3n) is 3.15. The highest BCUT2D eigenvalue weighted by Crippen LogP contribution is 2.33. The quantitative estimate of drug-likeness (QED) is 0.742. The molecule has 112 valence electrons. The van der Waals surface area contributed by atoms with Gasteiger partial charge in [-0.15, -0.1) is 0 Å². The largest absolute Gasteiger partial charge is 0.493 e. The molecule has 4 heteroatoms. The molecule has 1 aromatic carbocycles. The van der Waals surface area contributed by atoms with Gasteiger partial charge in [-0.05, 0) is 48.9 Å². The third kappa shape index (κ3) is 4.41. The Hall–Kier alpha value is -1.22. The van der Waals surface area contributed by atoms with Crippen LogP contribution in [0.5, 0.6) is 5.75 Å². The van der Waals surface area contributed by atoms with E-state index in [1.54, 1.807) is 0 Å². The Bertz CT molecular complexity index is 481. The molecule has 20 heavy (non-hydrogen) atoms. The summed E-state index contributed by atoms with van der Waals surface area (Å²) in [5.41, 5.74) is 2.96. The molecule has 0 unspecified atom stereocenters. The molecule has 0 aliphatic heterocycles. The first-order chi connectivity index (χ1) is 9.36. The number of benzene rings is 1. The molecular weight excluding hydrogens is 276 g/mol. The molecule has 0 amide bonds. The van der Waals surface area contributed by atoms with Crippen molar-refractivity contribution in [2.24, 2.45) is 5.92 Å². The second-order valence-electron chi connectivity index (χ2n) is 5.39. The lowest BCUT2D eigenvalue weighted by Crippen LogP contribution is -2.09. The number of aryl methyl sites for hydroxylation is 1. The second kappa shape index (κ2) is 7.53. The first-order valence-corrected chi connectivity index (χ1v) is 7.22. The monoisotopic (exact) mass is 298 g/mol. The van der Waals surface area contributed by atoms with Crippen molar-refractivity contribution in [1.82, 2.24) is 0 Å². The topological polar surface area (TPSA) is 35.5 Å². The van der Waals surface area contributed by atoms with Crippen LogP contribution in [0.3, 0.4) is 0 Å². The van der Waals surface area contributed by atoms with Crippen molar-refractivity contribution in [1.29, 1.82) is 0 Å². The number of esters is 1. The number of methoxy groups -OCH3 is 1. The first-order valence-electron chi connectivity index (χ1n) is 6.85. The van der Waals surface area contributed by atoms with Crippen LogP contribution in [-0.2, 0) is 16.0 Å². The molecule has 0 saturated carbocycles. The fourth-order valence-corrected chi connectivity index (χ4v) is 2.15. The Labute approximate surface area is 126 Å². The number of hydrogen-bond acceptors (Lipinski definition) is 3. The Morgan fingerprint density at radius 1 is 1.35 bits per heavy atom. The Morgan fingerprint density at radius 2 is 2.00 bits per heavy atom. The summed E-state index contributed by atoms with van der Waals surface area (Å²) in [7, 11) is 1.40. The Morgan fingerprint density at radius 3 is 2.55 bits per heavy atom. The fraction of sp³-hybridized carbons (Fsp3) is 0.562. The number of rotatable bonds is 6. The van der Waals surface area contributed by atoms with Gasteiger partial charge < -0.3 is 9.47 Å². The fourth-order valence-electron chi connectivity index (χ4n) is 1.99. The Kier molecular flexibility index (Phi) is 6.34. The van der Waals surface area contributed by atoms with Crippen LogP contribution in [0.25, 0.3) is 0 Å². The summed E-state index contributed by atoms with van der Waals surface area (Å²) >= 11 is 6.29. The van der Waals surface area contributed by atoms with Crippen molar-refractivity contribution >= 4 is 17.6 Å². The van der Waals surface area contributed by atoms with Crippen LogP contribution >= 0.6 is 11.6 Å².